The van der Waals surface area contributed by atoms with Crippen molar-refractivity contribution in [2.24, 2.45) is 7.05 Å². The van der Waals surface area contributed by atoms with Crippen molar-refractivity contribution < 1.29 is 5.11 Å². The zero-order valence-corrected chi connectivity index (χ0v) is 11.9. The van der Waals surface area contributed by atoms with Gasteiger partial charge in [-0.15, -0.1) is 0 Å². The first-order valence-electron chi connectivity index (χ1n) is 6.42. The molecule has 1 aromatic heterocycles. The zero-order valence-electron chi connectivity index (χ0n) is 11.9. The van der Waals surface area contributed by atoms with Crippen molar-refractivity contribution in [1.29, 1.82) is 0 Å². The fourth-order valence-corrected chi connectivity index (χ4v) is 2.30. The molecule has 0 amide bonds. The average Bonchev–Trinajstić information content (AvgIpc) is 2.65. The fraction of sp³-hybridized carbons (Fsp3) is 0.533. The van der Waals surface area contributed by atoms with Gasteiger partial charge >= 0.3 is 0 Å². The van der Waals surface area contributed by atoms with E-state index in [2.05, 4.69) is 50.6 Å². The van der Waals surface area contributed by atoms with Crippen molar-refractivity contribution in [2.45, 2.75) is 39.0 Å². The number of aromatic nitrogens is 2. The molecule has 0 saturated heterocycles. The molecule has 1 atom stereocenters. The van der Waals surface area contributed by atoms with Gasteiger partial charge in [0.25, 0.3) is 0 Å². The van der Waals surface area contributed by atoms with E-state index in [1.54, 1.807) is 0 Å². The van der Waals surface area contributed by atoms with Gasteiger partial charge in [0.05, 0.1) is 11.0 Å². The SMILES string of the molecule is CC(CO)c1ccc2c(c1)nc(C(C)(C)C)n2C. The molecule has 1 aromatic carbocycles. The summed E-state index contributed by atoms with van der Waals surface area (Å²) >= 11 is 0. The number of rotatable bonds is 2. The highest BCUT2D eigenvalue weighted by Crippen LogP contribution is 2.27. The number of nitrogens with zero attached hydrogens (tertiary/aromatic N) is 2. The van der Waals surface area contributed by atoms with Crippen LogP contribution in [0, 0.1) is 0 Å². The second-order valence-electron chi connectivity index (χ2n) is 6.08. The van der Waals surface area contributed by atoms with Crippen LogP contribution in [-0.2, 0) is 12.5 Å². The quantitative estimate of drug-likeness (QED) is 0.884. The van der Waals surface area contributed by atoms with Crippen LogP contribution in [-0.4, -0.2) is 21.3 Å². The monoisotopic (exact) mass is 246 g/mol. The van der Waals surface area contributed by atoms with E-state index >= 15 is 0 Å². The molecule has 1 N–H and O–H groups in total. The summed E-state index contributed by atoms with van der Waals surface area (Å²) in [4.78, 5) is 4.74. The Bertz CT molecular complexity index is 564. The molecule has 18 heavy (non-hydrogen) atoms. The molecule has 98 valence electrons. The van der Waals surface area contributed by atoms with Gasteiger partial charge in [-0.05, 0) is 17.7 Å². The van der Waals surface area contributed by atoms with Crippen molar-refractivity contribution in [3.8, 4) is 0 Å². The lowest BCUT2D eigenvalue weighted by atomic mass is 9.96. The number of hydrogen-bond acceptors (Lipinski definition) is 2. The first-order chi connectivity index (χ1) is 8.34. The molecule has 1 unspecified atom stereocenters. The number of fused-ring (bicyclic) bond motifs is 1. The summed E-state index contributed by atoms with van der Waals surface area (Å²) < 4.78 is 2.16. The van der Waals surface area contributed by atoms with Gasteiger partial charge in [0.15, 0.2) is 0 Å². The second-order valence-corrected chi connectivity index (χ2v) is 6.08. The van der Waals surface area contributed by atoms with E-state index in [9.17, 15) is 5.11 Å². The highest BCUT2D eigenvalue weighted by atomic mass is 16.3. The Kier molecular flexibility index (Phi) is 3.20. The summed E-state index contributed by atoms with van der Waals surface area (Å²) in [7, 11) is 2.06. The van der Waals surface area contributed by atoms with E-state index in [1.807, 2.05) is 6.92 Å². The van der Waals surface area contributed by atoms with E-state index in [1.165, 1.54) is 0 Å². The minimum Gasteiger partial charge on any atom is -0.396 e. The summed E-state index contributed by atoms with van der Waals surface area (Å²) in [5.41, 5.74) is 3.34. The van der Waals surface area contributed by atoms with Crippen LogP contribution in [0.2, 0.25) is 0 Å². The Morgan fingerprint density at radius 1 is 1.33 bits per heavy atom. The lowest BCUT2D eigenvalue weighted by Gasteiger charge is -2.17. The fourth-order valence-electron chi connectivity index (χ4n) is 2.30. The molecular formula is C15H22N2O. The Balaban J connectivity index is 2.59. The molecule has 0 saturated carbocycles. The predicted octanol–water partition coefficient (Wildman–Crippen LogP) is 2.97. The van der Waals surface area contributed by atoms with Gasteiger partial charge < -0.3 is 9.67 Å². The molecule has 3 nitrogen and oxygen atoms in total. The minimum absolute atomic E-state index is 0.0382. The number of hydrogen-bond donors (Lipinski definition) is 1. The molecule has 0 aliphatic rings. The third-order valence-corrected chi connectivity index (χ3v) is 3.42. The van der Waals surface area contributed by atoms with E-state index in [4.69, 9.17) is 4.98 Å². The molecule has 2 aromatic rings. The highest BCUT2D eigenvalue weighted by Gasteiger charge is 2.21. The maximum Gasteiger partial charge on any atom is 0.115 e. The van der Waals surface area contributed by atoms with E-state index in [0.29, 0.717) is 0 Å². The summed E-state index contributed by atoms with van der Waals surface area (Å²) in [5, 5.41) is 9.22. The van der Waals surface area contributed by atoms with Crippen molar-refractivity contribution in [1.82, 2.24) is 9.55 Å². The molecule has 3 heteroatoms. The lowest BCUT2D eigenvalue weighted by Crippen LogP contribution is -2.17. The molecule has 1 heterocycles. The van der Waals surface area contributed by atoms with Gasteiger partial charge in [0.2, 0.25) is 0 Å². The average molecular weight is 246 g/mol. The Morgan fingerprint density at radius 3 is 2.56 bits per heavy atom. The number of aliphatic hydroxyl groups is 1. The largest absolute Gasteiger partial charge is 0.396 e. The van der Waals surface area contributed by atoms with Crippen LogP contribution in [0.3, 0.4) is 0 Å². The van der Waals surface area contributed by atoms with Crippen LogP contribution in [0.15, 0.2) is 18.2 Å². The molecular weight excluding hydrogens is 224 g/mol. The number of imidazole rings is 1. The Hall–Kier alpha value is -1.35. The first-order valence-corrected chi connectivity index (χ1v) is 6.42. The summed E-state index contributed by atoms with van der Waals surface area (Å²) in [5.74, 6) is 1.25. The van der Waals surface area contributed by atoms with Crippen molar-refractivity contribution >= 4 is 11.0 Å². The van der Waals surface area contributed by atoms with Gasteiger partial charge in [-0.25, -0.2) is 4.98 Å². The van der Waals surface area contributed by atoms with E-state index in [-0.39, 0.29) is 17.9 Å². The van der Waals surface area contributed by atoms with Crippen LogP contribution in [0.1, 0.15) is 45.0 Å². The highest BCUT2D eigenvalue weighted by molar-refractivity contribution is 5.77. The lowest BCUT2D eigenvalue weighted by molar-refractivity contribution is 0.273. The van der Waals surface area contributed by atoms with E-state index in [0.717, 1.165) is 22.4 Å². The number of aliphatic hydroxyl groups excluding tert-OH is 1. The minimum atomic E-state index is 0.0382. The second kappa shape index (κ2) is 4.39. The summed E-state index contributed by atoms with van der Waals surface area (Å²) in [6.45, 7) is 8.71. The molecule has 0 bridgehead atoms. The standard InChI is InChI=1S/C15H22N2O/c1-10(9-18)11-6-7-13-12(8-11)16-14(17(13)5)15(2,3)4/h6-8,10,18H,9H2,1-5H3. The molecule has 0 aliphatic heterocycles. The number of aryl methyl sites for hydroxylation is 1. The number of benzene rings is 1. The van der Waals surface area contributed by atoms with Gasteiger partial charge in [0, 0.05) is 25.0 Å². The van der Waals surface area contributed by atoms with Crippen LogP contribution in [0.25, 0.3) is 11.0 Å². The van der Waals surface area contributed by atoms with Crippen molar-refractivity contribution in [3.05, 3.63) is 29.6 Å². The molecule has 0 aliphatic carbocycles. The van der Waals surface area contributed by atoms with Crippen molar-refractivity contribution in [2.75, 3.05) is 6.61 Å². The van der Waals surface area contributed by atoms with Crippen LogP contribution in [0.5, 0.6) is 0 Å². The summed E-state index contributed by atoms with van der Waals surface area (Å²) in [6, 6.07) is 6.27. The predicted molar refractivity (Wildman–Crippen MR) is 74.9 cm³/mol. The molecule has 2 rings (SSSR count). The van der Waals surface area contributed by atoms with E-state index < -0.39 is 0 Å². The smallest absolute Gasteiger partial charge is 0.115 e. The Labute approximate surface area is 108 Å². The van der Waals surface area contributed by atoms with Gasteiger partial charge in [-0.2, -0.15) is 0 Å². The van der Waals surface area contributed by atoms with Gasteiger partial charge in [-0.1, -0.05) is 33.8 Å². The van der Waals surface area contributed by atoms with Crippen molar-refractivity contribution in [3.63, 3.8) is 0 Å². The van der Waals surface area contributed by atoms with Gasteiger partial charge in [-0.3, -0.25) is 0 Å². The van der Waals surface area contributed by atoms with Crippen LogP contribution < -0.4 is 0 Å². The third kappa shape index (κ3) is 2.15. The maximum absolute atomic E-state index is 9.22. The zero-order chi connectivity index (χ0) is 13.5. The summed E-state index contributed by atoms with van der Waals surface area (Å²) in [6.07, 6.45) is 0. The normalized spacial score (nSPS) is 14.1. The van der Waals surface area contributed by atoms with Crippen LogP contribution >= 0.6 is 0 Å². The topological polar surface area (TPSA) is 38.1 Å². The molecule has 0 spiro atoms. The maximum atomic E-state index is 9.22. The first kappa shape index (κ1) is 13.1. The van der Waals surface area contributed by atoms with Crippen LogP contribution in [0.4, 0.5) is 0 Å². The van der Waals surface area contributed by atoms with Gasteiger partial charge in [0.1, 0.15) is 5.82 Å². The molecule has 0 fully saturated rings. The Morgan fingerprint density at radius 2 is 2.00 bits per heavy atom. The molecule has 0 radical (unpaired) electrons. The third-order valence-electron chi connectivity index (χ3n) is 3.42.